The number of amides is 1. The molecule has 4 nitrogen and oxygen atoms in total. The summed E-state index contributed by atoms with van der Waals surface area (Å²) in [5.41, 5.74) is 1.25. The quantitative estimate of drug-likeness (QED) is 0.821. The lowest BCUT2D eigenvalue weighted by Crippen LogP contribution is -2.56. The molecule has 6 heteroatoms. The number of ether oxygens (including phenoxy) is 1. The van der Waals surface area contributed by atoms with E-state index in [1.54, 1.807) is 18.0 Å². The molecule has 0 radical (unpaired) electrons. The van der Waals surface area contributed by atoms with Crippen LogP contribution in [0.5, 0.6) is 5.19 Å². The molecule has 1 fully saturated rings. The van der Waals surface area contributed by atoms with E-state index in [-0.39, 0.29) is 12.0 Å². The molecule has 0 aliphatic carbocycles. The summed E-state index contributed by atoms with van der Waals surface area (Å²) in [6.45, 7) is 1.34. The van der Waals surface area contributed by atoms with E-state index >= 15 is 0 Å². The van der Waals surface area contributed by atoms with Crippen molar-refractivity contribution in [1.82, 2.24) is 9.88 Å². The summed E-state index contributed by atoms with van der Waals surface area (Å²) in [5.74, 6) is 1.59. The molecule has 1 amide bonds. The Balaban J connectivity index is 1.34. The van der Waals surface area contributed by atoms with Gasteiger partial charge in [-0.05, 0) is 5.56 Å². The van der Waals surface area contributed by atoms with Crippen molar-refractivity contribution < 1.29 is 9.53 Å². The van der Waals surface area contributed by atoms with Gasteiger partial charge in [0.25, 0.3) is 5.19 Å². The van der Waals surface area contributed by atoms with Crippen LogP contribution in [-0.4, -0.2) is 40.7 Å². The highest BCUT2D eigenvalue weighted by molar-refractivity contribution is 7.99. The van der Waals surface area contributed by atoms with E-state index in [1.807, 2.05) is 28.5 Å². The van der Waals surface area contributed by atoms with E-state index in [2.05, 4.69) is 17.1 Å². The van der Waals surface area contributed by atoms with Crippen molar-refractivity contribution in [1.29, 1.82) is 0 Å². The molecule has 0 atom stereocenters. The first-order chi connectivity index (χ1) is 10.3. The Hall–Kier alpha value is -1.53. The van der Waals surface area contributed by atoms with Crippen LogP contribution in [0.1, 0.15) is 5.56 Å². The Bertz CT molecular complexity index is 569. The SMILES string of the molecule is O=C(CSCc1ccccc1)N1CC(Oc2nccs2)C1. The zero-order valence-corrected chi connectivity index (χ0v) is 13.1. The molecule has 1 aromatic carbocycles. The number of benzene rings is 1. The van der Waals surface area contributed by atoms with Gasteiger partial charge in [0.2, 0.25) is 5.91 Å². The highest BCUT2D eigenvalue weighted by atomic mass is 32.2. The van der Waals surface area contributed by atoms with Gasteiger partial charge < -0.3 is 9.64 Å². The minimum atomic E-state index is 0.0965. The molecule has 0 N–H and O–H groups in total. The molecule has 1 aliphatic rings. The van der Waals surface area contributed by atoms with Crippen LogP contribution in [0.3, 0.4) is 0 Å². The zero-order chi connectivity index (χ0) is 14.5. The highest BCUT2D eigenvalue weighted by Crippen LogP contribution is 2.21. The van der Waals surface area contributed by atoms with Crippen LogP contribution < -0.4 is 4.74 Å². The number of hydrogen-bond acceptors (Lipinski definition) is 5. The second kappa shape index (κ2) is 6.95. The van der Waals surface area contributed by atoms with Gasteiger partial charge in [0.05, 0.1) is 18.8 Å². The predicted octanol–water partition coefficient (Wildman–Crippen LogP) is 2.67. The maximum Gasteiger partial charge on any atom is 0.273 e. The van der Waals surface area contributed by atoms with E-state index in [0.717, 1.165) is 5.75 Å². The Kier molecular flexibility index (Phi) is 4.77. The summed E-state index contributed by atoms with van der Waals surface area (Å²) >= 11 is 3.14. The molecule has 1 aromatic heterocycles. The van der Waals surface area contributed by atoms with Crippen molar-refractivity contribution in [2.24, 2.45) is 0 Å². The van der Waals surface area contributed by atoms with Crippen LogP contribution in [0.2, 0.25) is 0 Å². The summed E-state index contributed by atoms with van der Waals surface area (Å²) in [6, 6.07) is 10.2. The topological polar surface area (TPSA) is 42.4 Å². The number of carbonyl (C=O) groups excluding carboxylic acids is 1. The minimum Gasteiger partial charge on any atom is -0.463 e. The summed E-state index contributed by atoms with van der Waals surface area (Å²) < 4.78 is 5.65. The first-order valence-corrected chi connectivity index (χ1v) is 8.80. The van der Waals surface area contributed by atoms with Crippen molar-refractivity contribution >= 4 is 29.0 Å². The molecule has 21 heavy (non-hydrogen) atoms. The second-order valence-corrected chi connectivity index (χ2v) is 6.66. The lowest BCUT2D eigenvalue weighted by atomic mass is 10.2. The summed E-state index contributed by atoms with van der Waals surface area (Å²) in [6.07, 6.45) is 1.82. The Morgan fingerprint density at radius 1 is 1.38 bits per heavy atom. The Labute approximate surface area is 132 Å². The molecule has 0 unspecified atom stereocenters. The Morgan fingerprint density at radius 3 is 2.90 bits per heavy atom. The third-order valence-electron chi connectivity index (χ3n) is 3.21. The van der Waals surface area contributed by atoms with Crippen LogP contribution in [0.25, 0.3) is 0 Å². The fraction of sp³-hybridized carbons (Fsp3) is 0.333. The van der Waals surface area contributed by atoms with Gasteiger partial charge in [-0.15, -0.1) is 11.8 Å². The molecule has 2 aromatic rings. The van der Waals surface area contributed by atoms with E-state index in [9.17, 15) is 4.79 Å². The number of rotatable bonds is 6. The van der Waals surface area contributed by atoms with Crippen LogP contribution in [0, 0.1) is 0 Å². The van der Waals surface area contributed by atoms with E-state index < -0.39 is 0 Å². The first kappa shape index (κ1) is 14.4. The fourth-order valence-corrected chi connectivity index (χ4v) is 3.49. The van der Waals surface area contributed by atoms with Crippen molar-refractivity contribution in [3.63, 3.8) is 0 Å². The maximum absolute atomic E-state index is 12.0. The number of hydrogen-bond donors (Lipinski definition) is 0. The van der Waals surface area contributed by atoms with E-state index in [0.29, 0.717) is 24.0 Å². The molecule has 0 bridgehead atoms. The van der Waals surface area contributed by atoms with Crippen LogP contribution >= 0.6 is 23.1 Å². The largest absolute Gasteiger partial charge is 0.463 e. The number of nitrogens with zero attached hydrogens (tertiary/aromatic N) is 2. The van der Waals surface area contributed by atoms with Crippen molar-refractivity contribution in [2.75, 3.05) is 18.8 Å². The Morgan fingerprint density at radius 2 is 2.19 bits per heavy atom. The average Bonchev–Trinajstić information content (AvgIpc) is 2.96. The smallest absolute Gasteiger partial charge is 0.273 e. The van der Waals surface area contributed by atoms with Gasteiger partial charge in [-0.3, -0.25) is 4.79 Å². The average molecular weight is 320 g/mol. The molecule has 2 heterocycles. The molecular formula is C15H16N2O2S2. The number of likely N-dealkylation sites (tertiary alicyclic amines) is 1. The standard InChI is InChI=1S/C15H16N2O2S2/c18-14(11-20-10-12-4-2-1-3-5-12)17-8-13(9-17)19-15-16-6-7-21-15/h1-7,13H,8-11H2. The zero-order valence-electron chi connectivity index (χ0n) is 11.5. The lowest BCUT2D eigenvalue weighted by molar-refractivity contribution is -0.136. The van der Waals surface area contributed by atoms with Gasteiger partial charge in [-0.1, -0.05) is 41.7 Å². The molecule has 0 saturated carbocycles. The van der Waals surface area contributed by atoms with Gasteiger partial charge >= 0.3 is 0 Å². The van der Waals surface area contributed by atoms with E-state index in [4.69, 9.17) is 4.74 Å². The monoisotopic (exact) mass is 320 g/mol. The lowest BCUT2D eigenvalue weighted by Gasteiger charge is -2.38. The van der Waals surface area contributed by atoms with Gasteiger partial charge in [-0.25, -0.2) is 4.98 Å². The molecule has 3 rings (SSSR count). The summed E-state index contributed by atoms with van der Waals surface area (Å²) in [4.78, 5) is 17.9. The number of thioether (sulfide) groups is 1. The highest BCUT2D eigenvalue weighted by Gasteiger charge is 2.32. The number of thiazole rings is 1. The molecule has 110 valence electrons. The molecule has 1 saturated heterocycles. The predicted molar refractivity (Wildman–Crippen MR) is 85.7 cm³/mol. The molecule has 1 aliphatic heterocycles. The normalized spacial score (nSPS) is 14.8. The van der Waals surface area contributed by atoms with E-state index in [1.165, 1.54) is 16.9 Å². The van der Waals surface area contributed by atoms with Gasteiger partial charge in [0.1, 0.15) is 6.10 Å². The summed E-state index contributed by atoms with van der Waals surface area (Å²) in [5, 5.41) is 2.57. The number of aromatic nitrogens is 1. The van der Waals surface area contributed by atoms with Crippen molar-refractivity contribution in [2.45, 2.75) is 11.9 Å². The maximum atomic E-state index is 12.0. The van der Waals surface area contributed by atoms with Gasteiger partial charge in [0.15, 0.2) is 0 Å². The van der Waals surface area contributed by atoms with Crippen LogP contribution in [0.4, 0.5) is 0 Å². The van der Waals surface area contributed by atoms with Crippen LogP contribution in [-0.2, 0) is 10.5 Å². The van der Waals surface area contributed by atoms with Gasteiger partial charge in [-0.2, -0.15) is 0 Å². The van der Waals surface area contributed by atoms with Gasteiger partial charge in [0, 0.05) is 17.3 Å². The fourth-order valence-electron chi connectivity index (χ4n) is 2.05. The van der Waals surface area contributed by atoms with Crippen molar-refractivity contribution in [3.8, 4) is 5.19 Å². The molecule has 0 spiro atoms. The summed E-state index contributed by atoms with van der Waals surface area (Å²) in [7, 11) is 0. The van der Waals surface area contributed by atoms with Crippen LogP contribution in [0.15, 0.2) is 41.9 Å². The second-order valence-electron chi connectivity index (χ2n) is 4.81. The molecular weight excluding hydrogens is 304 g/mol. The number of carbonyl (C=O) groups is 1. The minimum absolute atomic E-state index is 0.0965. The van der Waals surface area contributed by atoms with Crippen molar-refractivity contribution in [3.05, 3.63) is 47.5 Å². The third-order valence-corrected chi connectivity index (χ3v) is 4.86. The third kappa shape index (κ3) is 3.98. The first-order valence-electron chi connectivity index (χ1n) is 6.77.